The van der Waals surface area contributed by atoms with E-state index in [0.717, 1.165) is 26.0 Å². The van der Waals surface area contributed by atoms with Crippen molar-refractivity contribution in [2.24, 2.45) is 0 Å². The zero-order valence-corrected chi connectivity index (χ0v) is 24.5. The van der Waals surface area contributed by atoms with Crippen molar-refractivity contribution in [1.29, 1.82) is 0 Å². The van der Waals surface area contributed by atoms with Gasteiger partial charge in [0.2, 0.25) is 5.51 Å². The van der Waals surface area contributed by atoms with Crippen LogP contribution in [0.5, 0.6) is 0 Å². The Labute approximate surface area is 227 Å². The van der Waals surface area contributed by atoms with E-state index in [0.29, 0.717) is 13.2 Å². The van der Waals surface area contributed by atoms with E-state index in [1.165, 1.54) is 122 Å². The fourth-order valence-corrected chi connectivity index (χ4v) is 5.69. The maximum absolute atomic E-state index is 6.03. The minimum atomic E-state index is 0.00155. The van der Waals surface area contributed by atoms with E-state index in [-0.39, 0.29) is 12.4 Å². The highest BCUT2D eigenvalue weighted by Crippen LogP contribution is 2.19. The third-order valence-corrected chi connectivity index (χ3v) is 8.06. The van der Waals surface area contributed by atoms with Crippen molar-refractivity contribution in [2.75, 3.05) is 19.8 Å². The number of ether oxygens (including phenoxy) is 3. The summed E-state index contributed by atoms with van der Waals surface area (Å²) in [6, 6.07) is 0. The van der Waals surface area contributed by atoms with Crippen LogP contribution >= 0.6 is 11.3 Å². The molecule has 0 amide bonds. The molecule has 2 rings (SSSR count). The molecule has 4 nitrogen and oxygen atoms in total. The largest absolute Gasteiger partial charge is 0.379 e. The molecule has 1 fully saturated rings. The van der Waals surface area contributed by atoms with Crippen molar-refractivity contribution in [2.45, 2.75) is 161 Å². The molecule has 210 valence electrons. The summed E-state index contributed by atoms with van der Waals surface area (Å²) in [4.78, 5) is 0. The standard InChI is InChI=1S/C31H58NO3S/c1-2-3-4-5-6-7-8-9-10-11-12-13-14-16-19-22-31-34-28-30(35-31)27-33-25-21-18-15-17-20-23-32-24-26-36-29-32/h24,26,29-31H,2-23,25,27-28H2,1H3/q+1. The molecule has 5 heteroatoms. The van der Waals surface area contributed by atoms with Gasteiger partial charge in [-0.05, 0) is 25.7 Å². The van der Waals surface area contributed by atoms with Gasteiger partial charge in [-0.2, -0.15) is 4.57 Å². The van der Waals surface area contributed by atoms with E-state index in [1.807, 2.05) is 0 Å². The molecule has 1 aromatic rings. The molecule has 0 spiro atoms. The fourth-order valence-electron chi connectivity index (χ4n) is 5.06. The highest BCUT2D eigenvalue weighted by Gasteiger charge is 2.25. The minimum Gasteiger partial charge on any atom is -0.379 e. The summed E-state index contributed by atoms with van der Waals surface area (Å²) < 4.78 is 20.0. The first kappa shape index (κ1) is 31.7. The van der Waals surface area contributed by atoms with E-state index in [1.54, 1.807) is 11.3 Å². The Hall–Kier alpha value is -0.490. The average Bonchev–Trinajstić information content (AvgIpc) is 3.58. The van der Waals surface area contributed by atoms with Gasteiger partial charge in [0.25, 0.3) is 0 Å². The van der Waals surface area contributed by atoms with Crippen molar-refractivity contribution in [3.63, 3.8) is 0 Å². The van der Waals surface area contributed by atoms with Crippen LogP contribution in [0.2, 0.25) is 0 Å². The molecular weight excluding hydrogens is 466 g/mol. The maximum atomic E-state index is 6.03. The first-order valence-electron chi connectivity index (χ1n) is 15.6. The Morgan fingerprint density at radius 3 is 1.94 bits per heavy atom. The lowest BCUT2D eigenvalue weighted by atomic mass is 10.0. The van der Waals surface area contributed by atoms with Crippen LogP contribution in [0.25, 0.3) is 0 Å². The van der Waals surface area contributed by atoms with Gasteiger partial charge in [0, 0.05) is 13.0 Å². The molecule has 0 aromatic carbocycles. The summed E-state index contributed by atoms with van der Waals surface area (Å²) in [5.74, 6) is 0. The van der Waals surface area contributed by atoms with Crippen LogP contribution in [-0.2, 0) is 20.8 Å². The Morgan fingerprint density at radius 1 is 0.750 bits per heavy atom. The van der Waals surface area contributed by atoms with Gasteiger partial charge in [-0.25, -0.2) is 0 Å². The number of aromatic nitrogens is 1. The Bertz CT molecular complexity index is 568. The molecule has 1 saturated heterocycles. The SMILES string of the molecule is CCCCCCCCCCCCCCCCCC1OCC(COCCCCCCC[n+]2ccsc2)O1. The van der Waals surface area contributed by atoms with Gasteiger partial charge in [-0.3, -0.25) is 0 Å². The van der Waals surface area contributed by atoms with Crippen LogP contribution in [-0.4, -0.2) is 32.2 Å². The van der Waals surface area contributed by atoms with E-state index < -0.39 is 0 Å². The number of aryl methyl sites for hydroxylation is 1. The van der Waals surface area contributed by atoms with Gasteiger partial charge in [-0.15, -0.1) is 0 Å². The first-order chi connectivity index (χ1) is 17.9. The van der Waals surface area contributed by atoms with Crippen LogP contribution in [0.15, 0.2) is 17.1 Å². The first-order valence-corrected chi connectivity index (χ1v) is 16.6. The molecule has 1 aliphatic rings. The Kier molecular flexibility index (Phi) is 20.8. The zero-order chi connectivity index (χ0) is 25.4. The van der Waals surface area contributed by atoms with Gasteiger partial charge >= 0.3 is 0 Å². The highest BCUT2D eigenvalue weighted by atomic mass is 32.1. The van der Waals surface area contributed by atoms with E-state index >= 15 is 0 Å². The van der Waals surface area contributed by atoms with Crippen LogP contribution in [0.4, 0.5) is 0 Å². The molecular formula is C31H58NO3S+. The highest BCUT2D eigenvalue weighted by molar-refractivity contribution is 7.07. The van der Waals surface area contributed by atoms with Crippen LogP contribution in [0.1, 0.15) is 142 Å². The van der Waals surface area contributed by atoms with Crippen molar-refractivity contribution in [3.8, 4) is 0 Å². The number of nitrogens with zero attached hydrogens (tertiary/aromatic N) is 1. The van der Waals surface area contributed by atoms with Gasteiger partial charge in [0.15, 0.2) is 12.5 Å². The van der Waals surface area contributed by atoms with Gasteiger partial charge < -0.3 is 14.2 Å². The summed E-state index contributed by atoms with van der Waals surface area (Å²) in [5, 5.41) is 2.14. The third kappa shape index (κ3) is 17.9. The summed E-state index contributed by atoms with van der Waals surface area (Å²) in [5.41, 5.74) is 2.19. The number of hydrogen-bond donors (Lipinski definition) is 0. The normalized spacial score (nSPS) is 17.8. The number of hydrogen-bond acceptors (Lipinski definition) is 4. The predicted octanol–water partition coefficient (Wildman–Crippen LogP) is 9.01. The molecule has 0 bridgehead atoms. The average molecular weight is 525 g/mol. The molecule has 1 aromatic heterocycles. The minimum absolute atomic E-state index is 0.00155. The fraction of sp³-hybridized carbons (Fsp3) is 0.903. The summed E-state index contributed by atoms with van der Waals surface area (Å²) >= 11 is 1.77. The van der Waals surface area contributed by atoms with Crippen LogP contribution in [0.3, 0.4) is 0 Å². The summed E-state index contributed by atoms with van der Waals surface area (Å²) in [6.07, 6.45) is 30.7. The third-order valence-electron chi connectivity index (χ3n) is 7.39. The summed E-state index contributed by atoms with van der Waals surface area (Å²) in [7, 11) is 0. The lowest BCUT2D eigenvalue weighted by Crippen LogP contribution is -2.29. The Balaban J connectivity index is 1.25. The molecule has 0 aliphatic carbocycles. The second-order valence-corrected chi connectivity index (χ2v) is 11.6. The number of unbranched alkanes of at least 4 members (excludes halogenated alkanes) is 18. The van der Waals surface area contributed by atoms with Crippen LogP contribution in [0, 0.1) is 0 Å². The van der Waals surface area contributed by atoms with E-state index in [2.05, 4.69) is 28.6 Å². The molecule has 0 saturated carbocycles. The predicted molar refractivity (Wildman–Crippen MR) is 153 cm³/mol. The van der Waals surface area contributed by atoms with Gasteiger partial charge in [-0.1, -0.05) is 121 Å². The van der Waals surface area contributed by atoms with Gasteiger partial charge in [0.05, 0.1) is 18.6 Å². The second-order valence-electron chi connectivity index (χ2n) is 10.9. The number of thiazole rings is 1. The van der Waals surface area contributed by atoms with Gasteiger partial charge in [0.1, 0.15) is 12.6 Å². The smallest absolute Gasteiger partial charge is 0.224 e. The van der Waals surface area contributed by atoms with E-state index in [4.69, 9.17) is 14.2 Å². The molecule has 1 aliphatic heterocycles. The molecule has 2 heterocycles. The quantitative estimate of drug-likeness (QED) is 0.0895. The van der Waals surface area contributed by atoms with Crippen molar-refractivity contribution in [1.82, 2.24) is 0 Å². The summed E-state index contributed by atoms with van der Waals surface area (Å²) in [6.45, 7) is 5.68. The van der Waals surface area contributed by atoms with E-state index in [9.17, 15) is 0 Å². The molecule has 2 atom stereocenters. The van der Waals surface area contributed by atoms with Crippen LogP contribution < -0.4 is 4.57 Å². The number of rotatable bonds is 26. The monoisotopic (exact) mass is 524 g/mol. The van der Waals surface area contributed by atoms with Crippen molar-refractivity contribution >= 4 is 11.3 Å². The lowest BCUT2D eigenvalue weighted by molar-refractivity contribution is -0.692. The Morgan fingerprint density at radius 2 is 1.33 bits per heavy atom. The molecule has 0 radical (unpaired) electrons. The topological polar surface area (TPSA) is 31.6 Å². The molecule has 36 heavy (non-hydrogen) atoms. The zero-order valence-electron chi connectivity index (χ0n) is 23.6. The lowest BCUT2D eigenvalue weighted by Gasteiger charge is -2.12. The molecule has 0 N–H and O–H groups in total. The second kappa shape index (κ2) is 23.6. The molecule has 2 unspecified atom stereocenters. The van der Waals surface area contributed by atoms with Crippen molar-refractivity contribution < 1.29 is 18.8 Å². The maximum Gasteiger partial charge on any atom is 0.224 e. The van der Waals surface area contributed by atoms with Crippen molar-refractivity contribution in [3.05, 3.63) is 17.1 Å².